The molecule has 0 saturated heterocycles. The molecule has 1 atom stereocenters. The lowest BCUT2D eigenvalue weighted by Gasteiger charge is -2.30. The van der Waals surface area contributed by atoms with Crippen LogP contribution >= 0.6 is 0 Å². The van der Waals surface area contributed by atoms with Gasteiger partial charge in [0.05, 0.1) is 32.6 Å². The maximum Gasteiger partial charge on any atom is 0.416 e. The molecule has 10 heteroatoms. The van der Waals surface area contributed by atoms with Crippen molar-refractivity contribution in [3.8, 4) is 11.5 Å². The van der Waals surface area contributed by atoms with E-state index in [0.717, 1.165) is 24.3 Å². The lowest BCUT2D eigenvalue weighted by molar-refractivity contribution is -0.142. The third kappa shape index (κ3) is 5.13. The first-order valence-corrected chi connectivity index (χ1v) is 8.69. The standard InChI is InChI=1S/C20H21F3N2O5/c1-12(19(27)30-4)25(15-9-10-16(28-2)17(11-15)29-3)24-18(26)13-5-7-14(8-6-13)20(21,22)23/h5-12H,1-4H3,(H,24,26)/t12-/m1/s1. The fourth-order valence-electron chi connectivity index (χ4n) is 2.62. The van der Waals surface area contributed by atoms with Crippen molar-refractivity contribution in [2.75, 3.05) is 26.3 Å². The molecule has 2 aromatic carbocycles. The summed E-state index contributed by atoms with van der Waals surface area (Å²) in [5, 5.41) is 1.23. The Morgan fingerprint density at radius 2 is 1.57 bits per heavy atom. The minimum Gasteiger partial charge on any atom is -0.493 e. The van der Waals surface area contributed by atoms with Crippen molar-refractivity contribution >= 4 is 17.6 Å². The Kier molecular flexibility index (Phi) is 7.14. The van der Waals surface area contributed by atoms with Gasteiger partial charge < -0.3 is 14.2 Å². The number of hydrogen-bond acceptors (Lipinski definition) is 6. The molecule has 0 heterocycles. The number of halogens is 3. The van der Waals surface area contributed by atoms with E-state index >= 15 is 0 Å². The number of rotatable bonds is 7. The maximum absolute atomic E-state index is 12.7. The third-order valence-corrected chi connectivity index (χ3v) is 4.27. The number of esters is 1. The Hall–Kier alpha value is -3.43. The average molecular weight is 426 g/mol. The van der Waals surface area contributed by atoms with E-state index in [1.54, 1.807) is 12.1 Å². The van der Waals surface area contributed by atoms with Crippen LogP contribution in [-0.4, -0.2) is 39.2 Å². The quantitative estimate of drug-likeness (QED) is 0.540. The van der Waals surface area contributed by atoms with E-state index in [1.165, 1.54) is 39.3 Å². The Morgan fingerprint density at radius 3 is 2.07 bits per heavy atom. The Morgan fingerprint density at radius 1 is 0.967 bits per heavy atom. The van der Waals surface area contributed by atoms with Crippen LogP contribution in [-0.2, 0) is 15.7 Å². The van der Waals surface area contributed by atoms with E-state index in [1.807, 2.05) is 0 Å². The van der Waals surface area contributed by atoms with Crippen LogP contribution in [0.15, 0.2) is 42.5 Å². The molecule has 0 aliphatic rings. The van der Waals surface area contributed by atoms with Crippen LogP contribution in [0.4, 0.5) is 18.9 Å². The molecule has 0 fully saturated rings. The van der Waals surface area contributed by atoms with Crippen molar-refractivity contribution in [2.45, 2.75) is 19.1 Å². The van der Waals surface area contributed by atoms with E-state index in [0.29, 0.717) is 17.2 Å². The van der Waals surface area contributed by atoms with Crippen LogP contribution < -0.4 is 19.9 Å². The van der Waals surface area contributed by atoms with Gasteiger partial charge in [0.15, 0.2) is 11.5 Å². The zero-order valence-corrected chi connectivity index (χ0v) is 16.7. The number of hydrazine groups is 1. The summed E-state index contributed by atoms with van der Waals surface area (Å²) < 4.78 is 53.4. The molecule has 0 aliphatic carbocycles. The van der Waals surface area contributed by atoms with Gasteiger partial charge in [0.1, 0.15) is 6.04 Å². The van der Waals surface area contributed by atoms with Gasteiger partial charge in [-0.2, -0.15) is 13.2 Å². The molecule has 0 spiro atoms. The van der Waals surface area contributed by atoms with Crippen molar-refractivity contribution in [3.05, 3.63) is 53.6 Å². The fourth-order valence-corrected chi connectivity index (χ4v) is 2.62. The number of carbonyl (C=O) groups excluding carboxylic acids is 2. The molecule has 1 N–H and O–H groups in total. The van der Waals surface area contributed by atoms with Crippen LogP contribution in [0, 0.1) is 0 Å². The van der Waals surface area contributed by atoms with E-state index < -0.39 is 29.7 Å². The number of methoxy groups -OCH3 is 3. The van der Waals surface area contributed by atoms with Crippen LogP contribution in [0.25, 0.3) is 0 Å². The number of ether oxygens (including phenoxy) is 3. The predicted octanol–water partition coefficient (Wildman–Crippen LogP) is 3.44. The van der Waals surface area contributed by atoms with Crippen molar-refractivity contribution in [1.29, 1.82) is 0 Å². The molecular formula is C20H21F3N2O5. The highest BCUT2D eigenvalue weighted by Gasteiger charge is 2.31. The largest absolute Gasteiger partial charge is 0.493 e. The Balaban J connectivity index is 2.36. The molecule has 30 heavy (non-hydrogen) atoms. The van der Waals surface area contributed by atoms with Gasteiger partial charge in [-0.05, 0) is 43.3 Å². The summed E-state index contributed by atoms with van der Waals surface area (Å²) in [6.45, 7) is 1.50. The Labute approximate surface area is 171 Å². The van der Waals surface area contributed by atoms with Gasteiger partial charge in [-0.15, -0.1) is 0 Å². The van der Waals surface area contributed by atoms with E-state index in [9.17, 15) is 22.8 Å². The summed E-state index contributed by atoms with van der Waals surface area (Å²) in [4.78, 5) is 24.7. The first kappa shape index (κ1) is 22.9. The number of hydrogen-bond donors (Lipinski definition) is 1. The first-order valence-electron chi connectivity index (χ1n) is 8.69. The molecule has 0 saturated carbocycles. The average Bonchev–Trinajstić information content (AvgIpc) is 2.75. The molecule has 0 bridgehead atoms. The van der Waals surface area contributed by atoms with Gasteiger partial charge in [-0.3, -0.25) is 15.2 Å². The van der Waals surface area contributed by atoms with Crippen LogP contribution in [0.5, 0.6) is 11.5 Å². The highest BCUT2D eigenvalue weighted by molar-refractivity contribution is 5.96. The molecule has 1 amide bonds. The third-order valence-electron chi connectivity index (χ3n) is 4.27. The highest BCUT2D eigenvalue weighted by Crippen LogP contribution is 2.32. The van der Waals surface area contributed by atoms with Gasteiger partial charge in [0, 0.05) is 11.6 Å². The van der Waals surface area contributed by atoms with E-state index in [-0.39, 0.29) is 5.56 Å². The van der Waals surface area contributed by atoms with E-state index in [4.69, 9.17) is 14.2 Å². The highest BCUT2D eigenvalue weighted by atomic mass is 19.4. The molecule has 0 radical (unpaired) electrons. The topological polar surface area (TPSA) is 77.1 Å². The van der Waals surface area contributed by atoms with Crippen LogP contribution in [0.3, 0.4) is 0 Å². The molecule has 0 aliphatic heterocycles. The van der Waals surface area contributed by atoms with Crippen molar-refractivity contribution in [1.82, 2.24) is 5.43 Å². The predicted molar refractivity (Wildman–Crippen MR) is 102 cm³/mol. The van der Waals surface area contributed by atoms with E-state index in [2.05, 4.69) is 5.43 Å². The van der Waals surface area contributed by atoms with Gasteiger partial charge in [-0.1, -0.05) is 0 Å². The number of amides is 1. The summed E-state index contributed by atoms with van der Waals surface area (Å²) in [6, 6.07) is 7.45. The Bertz CT molecular complexity index is 900. The van der Waals surface area contributed by atoms with Crippen molar-refractivity contribution < 1.29 is 37.0 Å². The second kappa shape index (κ2) is 9.38. The van der Waals surface area contributed by atoms with Crippen LogP contribution in [0.2, 0.25) is 0 Å². The van der Waals surface area contributed by atoms with Gasteiger partial charge in [-0.25, -0.2) is 4.79 Å². The first-order chi connectivity index (χ1) is 14.1. The molecule has 0 unspecified atom stereocenters. The molecule has 0 aromatic heterocycles. The maximum atomic E-state index is 12.7. The molecule has 2 rings (SSSR count). The summed E-state index contributed by atoms with van der Waals surface area (Å²) in [5.74, 6) is -0.575. The molecule has 162 valence electrons. The molecule has 2 aromatic rings. The minimum absolute atomic E-state index is 0.0226. The van der Waals surface area contributed by atoms with Gasteiger partial charge in [0.25, 0.3) is 5.91 Å². The fraction of sp³-hybridized carbons (Fsp3) is 0.300. The summed E-state index contributed by atoms with van der Waals surface area (Å²) in [5.41, 5.74) is 2.00. The second-order valence-electron chi connectivity index (χ2n) is 6.12. The molecule has 7 nitrogen and oxygen atoms in total. The lowest BCUT2D eigenvalue weighted by atomic mass is 10.1. The summed E-state index contributed by atoms with van der Waals surface area (Å²) in [7, 11) is 4.08. The lowest BCUT2D eigenvalue weighted by Crippen LogP contribution is -2.51. The van der Waals surface area contributed by atoms with Crippen molar-refractivity contribution in [3.63, 3.8) is 0 Å². The second-order valence-corrected chi connectivity index (χ2v) is 6.12. The summed E-state index contributed by atoms with van der Waals surface area (Å²) in [6.07, 6.45) is -4.51. The molecular weight excluding hydrogens is 405 g/mol. The zero-order chi connectivity index (χ0) is 22.5. The van der Waals surface area contributed by atoms with Crippen molar-refractivity contribution in [2.24, 2.45) is 0 Å². The number of anilines is 1. The minimum atomic E-state index is -4.51. The number of nitrogens with one attached hydrogen (secondary N) is 1. The number of benzene rings is 2. The number of carbonyl (C=O) groups is 2. The summed E-state index contributed by atoms with van der Waals surface area (Å²) >= 11 is 0. The monoisotopic (exact) mass is 426 g/mol. The zero-order valence-electron chi connectivity index (χ0n) is 16.7. The smallest absolute Gasteiger partial charge is 0.416 e. The SMILES string of the molecule is COC(=O)[C@@H](C)N(NC(=O)c1ccc(C(F)(F)F)cc1)c1ccc(OC)c(OC)c1. The van der Waals surface area contributed by atoms with Crippen LogP contribution in [0.1, 0.15) is 22.8 Å². The van der Waals surface area contributed by atoms with Gasteiger partial charge >= 0.3 is 12.1 Å². The normalized spacial score (nSPS) is 12.0. The number of alkyl halides is 3. The van der Waals surface area contributed by atoms with Gasteiger partial charge in [0.2, 0.25) is 0 Å². The number of nitrogens with zero attached hydrogens (tertiary/aromatic N) is 1.